The Morgan fingerprint density at radius 3 is 2.75 bits per heavy atom. The minimum absolute atomic E-state index is 0.0356. The number of aliphatic hydroxyl groups excluding tert-OH is 1. The SMILES string of the molecule is O=C(c1ccc(NC2=CN(c3ccccc3CO)Cn3ccnc32)nc1)N1CCOCC1. The van der Waals surface area contributed by atoms with E-state index in [4.69, 9.17) is 4.74 Å². The lowest BCUT2D eigenvalue weighted by atomic mass is 10.1. The number of fused-ring (bicyclic) bond motifs is 1. The fourth-order valence-electron chi connectivity index (χ4n) is 3.93. The van der Waals surface area contributed by atoms with Crippen molar-refractivity contribution in [2.24, 2.45) is 0 Å². The number of imidazole rings is 1. The highest BCUT2D eigenvalue weighted by molar-refractivity contribution is 5.94. The molecule has 3 aromatic rings. The van der Waals surface area contributed by atoms with Gasteiger partial charge in [0.1, 0.15) is 12.5 Å². The van der Waals surface area contributed by atoms with E-state index in [2.05, 4.69) is 20.2 Å². The molecule has 1 saturated heterocycles. The van der Waals surface area contributed by atoms with Crippen molar-refractivity contribution in [3.05, 3.63) is 78.1 Å². The third-order valence-electron chi connectivity index (χ3n) is 5.59. The molecule has 2 aromatic heterocycles. The number of nitrogens with one attached hydrogen (secondary N) is 1. The number of anilines is 2. The molecule has 0 atom stereocenters. The molecule has 9 heteroatoms. The first-order valence-electron chi connectivity index (χ1n) is 10.5. The number of ether oxygens (including phenoxy) is 1. The number of para-hydroxylation sites is 1. The lowest BCUT2D eigenvalue weighted by Crippen LogP contribution is -2.40. The molecule has 0 bridgehead atoms. The average molecular weight is 432 g/mol. The van der Waals surface area contributed by atoms with Gasteiger partial charge in [0.05, 0.1) is 31.1 Å². The zero-order valence-electron chi connectivity index (χ0n) is 17.5. The van der Waals surface area contributed by atoms with Gasteiger partial charge in [-0.3, -0.25) is 4.79 Å². The highest BCUT2D eigenvalue weighted by Gasteiger charge is 2.22. The number of aromatic nitrogens is 3. The quantitative estimate of drug-likeness (QED) is 0.638. The molecule has 0 unspecified atom stereocenters. The molecule has 2 aliphatic rings. The van der Waals surface area contributed by atoms with Crippen molar-refractivity contribution < 1.29 is 14.6 Å². The molecule has 2 N–H and O–H groups in total. The van der Waals surface area contributed by atoms with Crippen molar-refractivity contribution in [2.45, 2.75) is 13.3 Å². The normalized spacial score (nSPS) is 15.8. The molecule has 1 aromatic carbocycles. The minimum atomic E-state index is -0.0414. The number of hydrogen-bond donors (Lipinski definition) is 2. The van der Waals surface area contributed by atoms with Crippen molar-refractivity contribution in [2.75, 3.05) is 36.5 Å². The molecular weight excluding hydrogens is 408 g/mol. The molecule has 0 saturated carbocycles. The molecule has 1 fully saturated rings. The first kappa shape index (κ1) is 20.2. The molecule has 2 aliphatic heterocycles. The van der Waals surface area contributed by atoms with Crippen molar-refractivity contribution in [3.8, 4) is 0 Å². The van der Waals surface area contributed by atoms with Gasteiger partial charge in [0.15, 0.2) is 5.82 Å². The second-order valence-electron chi connectivity index (χ2n) is 7.62. The number of morpholine rings is 1. The van der Waals surface area contributed by atoms with Crippen LogP contribution in [0.3, 0.4) is 0 Å². The van der Waals surface area contributed by atoms with E-state index in [1.807, 2.05) is 41.2 Å². The van der Waals surface area contributed by atoms with Gasteiger partial charge in [-0.1, -0.05) is 18.2 Å². The summed E-state index contributed by atoms with van der Waals surface area (Å²) in [6.45, 7) is 2.86. The lowest BCUT2D eigenvalue weighted by molar-refractivity contribution is 0.0302. The Labute approximate surface area is 185 Å². The molecule has 5 rings (SSSR count). The van der Waals surface area contributed by atoms with Crippen LogP contribution in [-0.4, -0.2) is 56.8 Å². The summed E-state index contributed by atoms with van der Waals surface area (Å²) in [5.74, 6) is 1.37. The second kappa shape index (κ2) is 8.81. The zero-order valence-corrected chi connectivity index (χ0v) is 17.5. The molecule has 0 spiro atoms. The van der Waals surface area contributed by atoms with Gasteiger partial charge in [-0.05, 0) is 18.2 Å². The predicted octanol–water partition coefficient (Wildman–Crippen LogP) is 2.13. The fraction of sp³-hybridized carbons (Fsp3) is 0.261. The standard InChI is InChI=1S/C23H24N6O3/c30-15-18-3-1-2-4-20(18)29-14-19(22-24-7-8-28(22)16-29)26-21-6-5-17(13-25-21)23(31)27-9-11-32-12-10-27/h1-8,13-14,30H,9-12,15-16H2,(H,25,26). The van der Waals surface area contributed by atoms with Gasteiger partial charge in [-0.15, -0.1) is 0 Å². The Bertz CT molecular complexity index is 1130. The Kier molecular flexibility index (Phi) is 5.57. The Hall–Kier alpha value is -3.69. The summed E-state index contributed by atoms with van der Waals surface area (Å²) < 4.78 is 7.34. The van der Waals surface area contributed by atoms with Crippen LogP contribution < -0.4 is 10.2 Å². The lowest BCUT2D eigenvalue weighted by Gasteiger charge is -2.29. The minimum Gasteiger partial charge on any atom is -0.392 e. The number of carbonyl (C=O) groups excluding carboxylic acids is 1. The number of aliphatic hydroxyl groups is 1. The first-order valence-corrected chi connectivity index (χ1v) is 10.5. The van der Waals surface area contributed by atoms with Crippen LogP contribution >= 0.6 is 0 Å². The monoisotopic (exact) mass is 432 g/mol. The van der Waals surface area contributed by atoms with Crippen molar-refractivity contribution in [1.82, 2.24) is 19.4 Å². The molecule has 1 amide bonds. The third-order valence-corrected chi connectivity index (χ3v) is 5.59. The van der Waals surface area contributed by atoms with Gasteiger partial charge in [-0.25, -0.2) is 9.97 Å². The molecule has 9 nitrogen and oxygen atoms in total. The maximum atomic E-state index is 12.6. The van der Waals surface area contributed by atoms with Gasteiger partial charge in [0, 0.05) is 49.1 Å². The Balaban J connectivity index is 1.38. The van der Waals surface area contributed by atoms with Gasteiger partial charge < -0.3 is 29.5 Å². The predicted molar refractivity (Wildman–Crippen MR) is 120 cm³/mol. The van der Waals surface area contributed by atoms with Crippen molar-refractivity contribution in [3.63, 3.8) is 0 Å². The number of rotatable bonds is 5. The molecule has 0 aliphatic carbocycles. The highest BCUT2D eigenvalue weighted by atomic mass is 16.5. The first-order chi connectivity index (χ1) is 15.7. The number of pyridine rings is 1. The van der Waals surface area contributed by atoms with Crippen LogP contribution in [0.25, 0.3) is 5.70 Å². The molecule has 4 heterocycles. The van der Waals surface area contributed by atoms with Crippen molar-refractivity contribution >= 4 is 23.1 Å². The van der Waals surface area contributed by atoms with Gasteiger partial charge >= 0.3 is 0 Å². The van der Waals surface area contributed by atoms with Crippen LogP contribution in [0.15, 0.2) is 61.2 Å². The second-order valence-corrected chi connectivity index (χ2v) is 7.62. The van der Waals surface area contributed by atoms with Gasteiger partial charge in [0.2, 0.25) is 0 Å². The van der Waals surface area contributed by atoms with Crippen LogP contribution in [0.5, 0.6) is 0 Å². The Morgan fingerprint density at radius 1 is 1.12 bits per heavy atom. The summed E-state index contributed by atoms with van der Waals surface area (Å²) >= 11 is 0. The number of nitrogens with zero attached hydrogens (tertiary/aromatic N) is 5. The van der Waals surface area contributed by atoms with Crippen LogP contribution in [0.4, 0.5) is 11.5 Å². The maximum absolute atomic E-state index is 12.6. The summed E-state index contributed by atoms with van der Waals surface area (Å²) in [5, 5.41) is 13.1. The summed E-state index contributed by atoms with van der Waals surface area (Å²) in [6, 6.07) is 11.3. The fourth-order valence-corrected chi connectivity index (χ4v) is 3.93. The topological polar surface area (TPSA) is 95.8 Å². The zero-order chi connectivity index (χ0) is 21.9. The van der Waals surface area contributed by atoms with E-state index in [0.717, 1.165) is 22.8 Å². The third kappa shape index (κ3) is 3.95. The molecule has 32 heavy (non-hydrogen) atoms. The van der Waals surface area contributed by atoms with E-state index in [0.29, 0.717) is 44.4 Å². The van der Waals surface area contributed by atoms with Crippen LogP contribution in [0.2, 0.25) is 0 Å². The van der Waals surface area contributed by atoms with Gasteiger partial charge in [0.25, 0.3) is 5.91 Å². The molecule has 0 radical (unpaired) electrons. The molecular formula is C23H24N6O3. The summed E-state index contributed by atoms with van der Waals surface area (Å²) in [7, 11) is 0. The highest BCUT2D eigenvalue weighted by Crippen LogP contribution is 2.28. The van der Waals surface area contributed by atoms with Crippen molar-refractivity contribution in [1.29, 1.82) is 0 Å². The molecule has 164 valence electrons. The van der Waals surface area contributed by atoms with Crippen LogP contribution in [0, 0.1) is 0 Å². The summed E-state index contributed by atoms with van der Waals surface area (Å²) in [4.78, 5) is 25.4. The summed E-state index contributed by atoms with van der Waals surface area (Å²) in [6.07, 6.45) is 7.22. The number of hydrogen-bond acceptors (Lipinski definition) is 7. The van der Waals surface area contributed by atoms with E-state index < -0.39 is 0 Å². The summed E-state index contributed by atoms with van der Waals surface area (Å²) in [5.41, 5.74) is 3.09. The smallest absolute Gasteiger partial charge is 0.255 e. The Morgan fingerprint density at radius 2 is 1.97 bits per heavy atom. The maximum Gasteiger partial charge on any atom is 0.255 e. The largest absolute Gasteiger partial charge is 0.392 e. The van der Waals surface area contributed by atoms with E-state index in [9.17, 15) is 9.90 Å². The number of carbonyl (C=O) groups is 1. The van der Waals surface area contributed by atoms with E-state index >= 15 is 0 Å². The number of amides is 1. The van der Waals surface area contributed by atoms with E-state index in [1.54, 1.807) is 29.4 Å². The average Bonchev–Trinajstić information content (AvgIpc) is 3.34. The number of benzene rings is 1. The van der Waals surface area contributed by atoms with E-state index in [-0.39, 0.29) is 12.5 Å². The van der Waals surface area contributed by atoms with Gasteiger partial charge in [-0.2, -0.15) is 0 Å². The van der Waals surface area contributed by atoms with E-state index in [1.165, 1.54) is 0 Å². The van der Waals surface area contributed by atoms with Crippen LogP contribution in [-0.2, 0) is 18.0 Å². The van der Waals surface area contributed by atoms with Crippen LogP contribution in [0.1, 0.15) is 21.7 Å².